The maximum Gasteiger partial charge on any atom is 0.000529 e. The first-order valence-electron chi connectivity index (χ1n) is 6.25. The molecule has 1 fully saturated rings. The highest BCUT2D eigenvalue weighted by Gasteiger charge is 2.36. The van der Waals surface area contributed by atoms with Gasteiger partial charge in [-0.25, -0.2) is 0 Å². The minimum absolute atomic E-state index is 0.398. The van der Waals surface area contributed by atoms with Crippen LogP contribution in [0, 0.1) is 16.7 Å². The first kappa shape index (κ1) is 13.0. The molecule has 0 aromatic rings. The SMILES string of the molecule is CC(C)(C)CC(CN)CNCC1(C)CC1. The molecule has 1 aliphatic rings. The van der Waals surface area contributed by atoms with Crippen LogP contribution in [0.5, 0.6) is 0 Å². The zero-order valence-electron chi connectivity index (χ0n) is 10.9. The first-order valence-corrected chi connectivity index (χ1v) is 6.25. The lowest BCUT2D eigenvalue weighted by atomic mass is 9.84. The van der Waals surface area contributed by atoms with Crippen LogP contribution in [0.25, 0.3) is 0 Å². The van der Waals surface area contributed by atoms with E-state index < -0.39 is 0 Å². The fourth-order valence-electron chi connectivity index (χ4n) is 2.07. The molecule has 1 atom stereocenters. The zero-order valence-corrected chi connectivity index (χ0v) is 10.9. The Kier molecular flexibility index (Phi) is 4.19. The summed E-state index contributed by atoms with van der Waals surface area (Å²) in [6.45, 7) is 12.3. The zero-order chi connectivity index (χ0) is 11.5. The summed E-state index contributed by atoms with van der Waals surface area (Å²) in [4.78, 5) is 0. The van der Waals surface area contributed by atoms with Gasteiger partial charge in [-0.2, -0.15) is 0 Å². The van der Waals surface area contributed by atoms with E-state index >= 15 is 0 Å². The summed E-state index contributed by atoms with van der Waals surface area (Å²) in [7, 11) is 0. The topological polar surface area (TPSA) is 38.0 Å². The van der Waals surface area contributed by atoms with Crippen molar-refractivity contribution in [3.05, 3.63) is 0 Å². The quantitative estimate of drug-likeness (QED) is 0.709. The molecule has 15 heavy (non-hydrogen) atoms. The van der Waals surface area contributed by atoms with Crippen molar-refractivity contribution in [3.63, 3.8) is 0 Å². The second kappa shape index (κ2) is 4.84. The maximum atomic E-state index is 5.81. The molecule has 0 bridgehead atoms. The predicted octanol–water partition coefficient (Wildman–Crippen LogP) is 2.39. The van der Waals surface area contributed by atoms with Crippen molar-refractivity contribution in [1.82, 2.24) is 5.32 Å². The van der Waals surface area contributed by atoms with Gasteiger partial charge in [-0.3, -0.25) is 0 Å². The summed E-state index contributed by atoms with van der Waals surface area (Å²) in [5, 5.41) is 3.58. The van der Waals surface area contributed by atoms with Crippen molar-refractivity contribution in [1.29, 1.82) is 0 Å². The molecule has 0 amide bonds. The molecule has 0 aromatic carbocycles. The van der Waals surface area contributed by atoms with Gasteiger partial charge in [-0.15, -0.1) is 0 Å². The Bertz CT molecular complexity index is 189. The molecule has 0 aliphatic heterocycles. The van der Waals surface area contributed by atoms with Crippen LogP contribution >= 0.6 is 0 Å². The maximum absolute atomic E-state index is 5.81. The average molecular weight is 212 g/mol. The van der Waals surface area contributed by atoms with Gasteiger partial charge in [-0.1, -0.05) is 27.7 Å². The molecule has 0 aromatic heterocycles. The van der Waals surface area contributed by atoms with Crippen LogP contribution in [0.4, 0.5) is 0 Å². The van der Waals surface area contributed by atoms with Crippen LogP contribution in [-0.2, 0) is 0 Å². The van der Waals surface area contributed by atoms with Gasteiger partial charge in [0.05, 0.1) is 0 Å². The minimum atomic E-state index is 0.398. The Morgan fingerprint density at radius 3 is 2.33 bits per heavy atom. The van der Waals surface area contributed by atoms with Crippen LogP contribution < -0.4 is 11.1 Å². The van der Waals surface area contributed by atoms with E-state index in [9.17, 15) is 0 Å². The smallest absolute Gasteiger partial charge is 0.000529 e. The normalized spacial score (nSPS) is 21.4. The lowest BCUT2D eigenvalue weighted by Gasteiger charge is -2.25. The van der Waals surface area contributed by atoms with Crippen molar-refractivity contribution in [2.75, 3.05) is 19.6 Å². The largest absolute Gasteiger partial charge is 0.330 e. The van der Waals surface area contributed by atoms with Crippen LogP contribution in [0.3, 0.4) is 0 Å². The first-order chi connectivity index (χ1) is 6.85. The summed E-state index contributed by atoms with van der Waals surface area (Å²) in [5.74, 6) is 0.632. The van der Waals surface area contributed by atoms with Gasteiger partial charge >= 0.3 is 0 Å². The van der Waals surface area contributed by atoms with Crippen LogP contribution in [0.2, 0.25) is 0 Å². The average Bonchev–Trinajstić information content (AvgIpc) is 2.80. The molecular formula is C13H28N2. The summed E-state index contributed by atoms with van der Waals surface area (Å²) in [5.41, 5.74) is 6.82. The van der Waals surface area contributed by atoms with Gasteiger partial charge < -0.3 is 11.1 Å². The van der Waals surface area contributed by atoms with E-state index in [4.69, 9.17) is 5.73 Å². The third kappa shape index (κ3) is 5.53. The van der Waals surface area contributed by atoms with Gasteiger partial charge in [0.15, 0.2) is 0 Å². The Morgan fingerprint density at radius 1 is 1.33 bits per heavy atom. The van der Waals surface area contributed by atoms with E-state index in [1.54, 1.807) is 0 Å². The van der Waals surface area contributed by atoms with Gasteiger partial charge in [0.2, 0.25) is 0 Å². The van der Waals surface area contributed by atoms with Crippen LogP contribution in [0.15, 0.2) is 0 Å². The highest BCUT2D eigenvalue weighted by atomic mass is 14.9. The van der Waals surface area contributed by atoms with Gasteiger partial charge in [-0.05, 0) is 49.1 Å². The highest BCUT2D eigenvalue weighted by Crippen LogP contribution is 2.44. The molecule has 1 saturated carbocycles. The van der Waals surface area contributed by atoms with Crippen molar-refractivity contribution < 1.29 is 0 Å². The molecular weight excluding hydrogens is 184 g/mol. The molecule has 2 nitrogen and oxygen atoms in total. The van der Waals surface area contributed by atoms with Crippen molar-refractivity contribution in [2.24, 2.45) is 22.5 Å². The Labute approximate surface area is 95.0 Å². The molecule has 0 radical (unpaired) electrons. The molecule has 0 spiro atoms. The molecule has 3 N–H and O–H groups in total. The minimum Gasteiger partial charge on any atom is -0.330 e. The van der Waals surface area contributed by atoms with E-state index in [0.29, 0.717) is 16.7 Å². The molecule has 0 heterocycles. The third-order valence-electron chi connectivity index (χ3n) is 3.32. The Morgan fingerprint density at radius 2 is 1.93 bits per heavy atom. The fourth-order valence-corrected chi connectivity index (χ4v) is 2.07. The summed E-state index contributed by atoms with van der Waals surface area (Å²) < 4.78 is 0. The molecule has 1 aliphatic carbocycles. The molecule has 2 heteroatoms. The number of hydrogen-bond acceptors (Lipinski definition) is 2. The second-order valence-corrected chi connectivity index (χ2v) is 6.81. The monoisotopic (exact) mass is 212 g/mol. The van der Waals surface area contributed by atoms with Crippen LogP contribution in [-0.4, -0.2) is 19.6 Å². The van der Waals surface area contributed by atoms with E-state index in [1.165, 1.54) is 25.8 Å². The summed E-state index contributed by atoms with van der Waals surface area (Å²) >= 11 is 0. The summed E-state index contributed by atoms with van der Waals surface area (Å²) in [6.07, 6.45) is 4.01. The van der Waals surface area contributed by atoms with Gasteiger partial charge in [0.25, 0.3) is 0 Å². The van der Waals surface area contributed by atoms with Crippen molar-refractivity contribution in [3.8, 4) is 0 Å². The third-order valence-corrected chi connectivity index (χ3v) is 3.32. The molecule has 1 unspecified atom stereocenters. The van der Waals surface area contributed by atoms with Gasteiger partial charge in [0, 0.05) is 6.54 Å². The lowest BCUT2D eigenvalue weighted by Crippen LogP contribution is -2.33. The van der Waals surface area contributed by atoms with E-state index in [2.05, 4.69) is 33.0 Å². The number of nitrogens with one attached hydrogen (secondary N) is 1. The van der Waals surface area contributed by atoms with E-state index in [-0.39, 0.29) is 0 Å². The molecule has 90 valence electrons. The lowest BCUT2D eigenvalue weighted by molar-refractivity contribution is 0.286. The number of rotatable bonds is 6. The van der Waals surface area contributed by atoms with Gasteiger partial charge in [0.1, 0.15) is 0 Å². The Hall–Kier alpha value is -0.0800. The van der Waals surface area contributed by atoms with E-state index in [1.807, 2.05) is 0 Å². The standard InChI is InChI=1S/C13H28N2/c1-12(2,3)7-11(8-14)9-15-10-13(4)5-6-13/h11,15H,5-10,14H2,1-4H3. The molecule has 1 rings (SSSR count). The summed E-state index contributed by atoms with van der Waals surface area (Å²) in [6, 6.07) is 0. The van der Waals surface area contributed by atoms with Crippen molar-refractivity contribution >= 4 is 0 Å². The van der Waals surface area contributed by atoms with Crippen molar-refractivity contribution in [2.45, 2.75) is 47.0 Å². The van der Waals surface area contributed by atoms with Crippen LogP contribution in [0.1, 0.15) is 47.0 Å². The molecule has 0 saturated heterocycles. The highest BCUT2D eigenvalue weighted by molar-refractivity contribution is 4.90. The van der Waals surface area contributed by atoms with E-state index in [0.717, 1.165) is 13.1 Å². The number of nitrogens with two attached hydrogens (primary N) is 1. The predicted molar refractivity (Wildman–Crippen MR) is 66.8 cm³/mol. The fraction of sp³-hybridized carbons (Fsp3) is 1.00. The second-order valence-electron chi connectivity index (χ2n) is 6.81. The number of hydrogen-bond donors (Lipinski definition) is 2. The Balaban J connectivity index is 2.16.